The minimum absolute atomic E-state index is 0.0137. The highest BCUT2D eigenvalue weighted by atomic mass is 32.2. The van der Waals surface area contributed by atoms with Gasteiger partial charge in [-0.15, -0.1) is 0 Å². The van der Waals surface area contributed by atoms with Crippen LogP contribution in [-0.2, 0) is 10.0 Å². The number of anilines is 1. The molecule has 0 unspecified atom stereocenters. The van der Waals surface area contributed by atoms with E-state index >= 15 is 0 Å². The Labute approximate surface area is 211 Å². The lowest BCUT2D eigenvalue weighted by atomic mass is 10.0. The van der Waals surface area contributed by atoms with E-state index in [-0.39, 0.29) is 29.6 Å². The number of methoxy groups -OCH3 is 1. The van der Waals surface area contributed by atoms with Crippen molar-refractivity contribution in [1.82, 2.24) is 4.90 Å². The zero-order valence-electron chi connectivity index (χ0n) is 20.3. The number of amides is 1. The molecule has 186 valence electrons. The largest absolute Gasteiger partial charge is 0.495 e. The van der Waals surface area contributed by atoms with E-state index in [1.165, 1.54) is 13.2 Å². The van der Waals surface area contributed by atoms with E-state index in [0.29, 0.717) is 17.0 Å². The molecular weight excluding hydrogens is 478 g/mol. The molecule has 0 aliphatic carbocycles. The van der Waals surface area contributed by atoms with Gasteiger partial charge in [0, 0.05) is 18.2 Å². The number of ether oxygens (including phenoxy) is 2. The number of carbonyl (C=O) groups excluding carboxylic acids is 1. The molecule has 9 heteroatoms. The molecule has 1 heterocycles. The van der Waals surface area contributed by atoms with Crippen LogP contribution in [0.1, 0.15) is 21.5 Å². The third kappa shape index (κ3) is 5.29. The molecule has 0 saturated carbocycles. The second-order valence-corrected chi connectivity index (χ2v) is 10.4. The highest BCUT2D eigenvalue weighted by Crippen LogP contribution is 2.29. The van der Waals surface area contributed by atoms with Crippen molar-refractivity contribution >= 4 is 21.6 Å². The summed E-state index contributed by atoms with van der Waals surface area (Å²) in [6, 6.07) is 20.8. The molecule has 1 N–H and O–H groups in total. The number of rotatable bonds is 7. The third-order valence-corrected chi connectivity index (χ3v) is 7.50. The fourth-order valence-corrected chi connectivity index (χ4v) is 5.40. The van der Waals surface area contributed by atoms with Crippen LogP contribution in [0.15, 0.2) is 71.6 Å². The summed E-state index contributed by atoms with van der Waals surface area (Å²) in [5, 5.41) is 9.69. The molecule has 4 rings (SSSR count). The summed E-state index contributed by atoms with van der Waals surface area (Å²) in [4.78, 5) is 14.8. The van der Waals surface area contributed by atoms with Crippen molar-refractivity contribution in [3.8, 4) is 17.6 Å². The summed E-state index contributed by atoms with van der Waals surface area (Å²) in [6.07, 6.45) is -0.551. The Hall–Kier alpha value is -4.03. The van der Waals surface area contributed by atoms with Crippen LogP contribution in [0.4, 0.5) is 5.69 Å². The second kappa shape index (κ2) is 10.3. The molecule has 0 spiro atoms. The fraction of sp³-hybridized carbons (Fsp3) is 0.259. The van der Waals surface area contributed by atoms with Gasteiger partial charge in [-0.25, -0.2) is 8.42 Å². The summed E-state index contributed by atoms with van der Waals surface area (Å²) >= 11 is 0. The van der Waals surface area contributed by atoms with Crippen molar-refractivity contribution in [2.24, 2.45) is 5.92 Å². The minimum Gasteiger partial charge on any atom is -0.495 e. The quantitative estimate of drug-likeness (QED) is 0.517. The fourth-order valence-electron chi connectivity index (χ4n) is 4.18. The van der Waals surface area contributed by atoms with Crippen LogP contribution in [0.3, 0.4) is 0 Å². The van der Waals surface area contributed by atoms with Gasteiger partial charge in [0.15, 0.2) is 0 Å². The number of para-hydroxylation sites is 1. The molecule has 1 amide bonds. The maximum atomic E-state index is 13.2. The highest BCUT2D eigenvalue weighted by Gasteiger charge is 2.37. The predicted molar refractivity (Wildman–Crippen MR) is 136 cm³/mol. The Bertz CT molecular complexity index is 1430. The first-order chi connectivity index (χ1) is 17.2. The third-order valence-electron chi connectivity index (χ3n) is 6.08. The molecular formula is C27H27N3O5S. The first-order valence-electron chi connectivity index (χ1n) is 11.4. The van der Waals surface area contributed by atoms with Gasteiger partial charge in [0.25, 0.3) is 15.9 Å². The van der Waals surface area contributed by atoms with Crippen molar-refractivity contribution in [3.05, 3.63) is 83.4 Å². The first-order valence-corrected chi connectivity index (χ1v) is 12.9. The van der Waals surface area contributed by atoms with E-state index in [1.807, 2.05) is 32.0 Å². The van der Waals surface area contributed by atoms with E-state index in [4.69, 9.17) is 9.47 Å². The number of hydrogen-bond acceptors (Lipinski definition) is 6. The molecule has 3 aromatic rings. The van der Waals surface area contributed by atoms with E-state index in [1.54, 1.807) is 47.4 Å². The van der Waals surface area contributed by atoms with Crippen molar-refractivity contribution < 1.29 is 22.7 Å². The number of nitriles is 1. The van der Waals surface area contributed by atoms with Gasteiger partial charge < -0.3 is 14.4 Å². The summed E-state index contributed by atoms with van der Waals surface area (Å²) < 4.78 is 39.6. The summed E-state index contributed by atoms with van der Waals surface area (Å²) in [7, 11) is -2.50. The lowest BCUT2D eigenvalue weighted by Crippen LogP contribution is -2.31. The average molecular weight is 506 g/mol. The Morgan fingerprint density at radius 1 is 1.06 bits per heavy atom. The lowest BCUT2D eigenvalue weighted by molar-refractivity contribution is 0.0771. The zero-order chi connectivity index (χ0) is 25.9. The molecule has 0 radical (unpaired) electrons. The van der Waals surface area contributed by atoms with Gasteiger partial charge in [-0.1, -0.05) is 35.9 Å². The van der Waals surface area contributed by atoms with Crippen LogP contribution < -0.4 is 14.2 Å². The second-order valence-electron chi connectivity index (χ2n) is 8.70. The van der Waals surface area contributed by atoms with Crippen LogP contribution in [-0.4, -0.2) is 45.5 Å². The molecule has 1 fully saturated rings. The van der Waals surface area contributed by atoms with Crippen LogP contribution in [0.5, 0.6) is 11.5 Å². The molecule has 3 aromatic carbocycles. The van der Waals surface area contributed by atoms with Crippen molar-refractivity contribution in [2.75, 3.05) is 24.9 Å². The molecule has 2 atom stereocenters. The van der Waals surface area contributed by atoms with Crippen LogP contribution in [0.25, 0.3) is 0 Å². The van der Waals surface area contributed by atoms with Crippen LogP contribution in [0, 0.1) is 31.1 Å². The highest BCUT2D eigenvalue weighted by molar-refractivity contribution is 7.92. The minimum atomic E-state index is -3.91. The predicted octanol–water partition coefficient (Wildman–Crippen LogP) is 4.16. The molecule has 36 heavy (non-hydrogen) atoms. The first kappa shape index (κ1) is 25.1. The van der Waals surface area contributed by atoms with E-state index in [2.05, 4.69) is 10.8 Å². The summed E-state index contributed by atoms with van der Waals surface area (Å²) in [6.45, 7) is 4.32. The number of likely N-dealkylation sites (tertiary alicyclic amines) is 1. The molecule has 1 saturated heterocycles. The SMILES string of the molecule is COc1ccccc1S(=O)(=O)Nc1cccc(O[C@@H]2CN(C(=O)c3cc(C)ccc3C)C[C@H]2C#N)c1. The van der Waals surface area contributed by atoms with Crippen LogP contribution in [0.2, 0.25) is 0 Å². The smallest absolute Gasteiger partial charge is 0.265 e. The Balaban J connectivity index is 1.50. The van der Waals surface area contributed by atoms with Gasteiger partial charge in [-0.2, -0.15) is 5.26 Å². The Morgan fingerprint density at radius 2 is 1.83 bits per heavy atom. The molecule has 1 aliphatic heterocycles. The van der Waals surface area contributed by atoms with E-state index < -0.39 is 22.0 Å². The van der Waals surface area contributed by atoms with Gasteiger partial charge in [-0.05, 0) is 49.7 Å². The van der Waals surface area contributed by atoms with Gasteiger partial charge >= 0.3 is 0 Å². The normalized spacial score (nSPS) is 17.3. The molecule has 8 nitrogen and oxygen atoms in total. The van der Waals surface area contributed by atoms with Gasteiger partial charge in [0.2, 0.25) is 0 Å². The zero-order valence-corrected chi connectivity index (χ0v) is 21.1. The number of nitrogens with zero attached hydrogens (tertiary/aromatic N) is 2. The number of carbonyl (C=O) groups is 1. The van der Waals surface area contributed by atoms with Crippen LogP contribution >= 0.6 is 0 Å². The Morgan fingerprint density at radius 3 is 2.58 bits per heavy atom. The van der Waals surface area contributed by atoms with Crippen molar-refractivity contribution in [3.63, 3.8) is 0 Å². The maximum Gasteiger partial charge on any atom is 0.265 e. The van der Waals surface area contributed by atoms with Crippen molar-refractivity contribution in [2.45, 2.75) is 24.8 Å². The van der Waals surface area contributed by atoms with Gasteiger partial charge in [0.1, 0.15) is 28.4 Å². The topological polar surface area (TPSA) is 109 Å². The standard InChI is InChI=1S/C27H27N3O5S/c1-18-11-12-19(2)23(13-18)27(31)30-16-20(15-28)25(17-30)35-22-8-6-7-21(14-22)29-36(32,33)26-10-5-4-9-24(26)34-3/h4-14,20,25,29H,16-17H2,1-3H3/t20-,25-/m1/s1. The number of benzene rings is 3. The van der Waals surface area contributed by atoms with Gasteiger partial charge in [-0.3, -0.25) is 9.52 Å². The molecule has 0 aromatic heterocycles. The van der Waals surface area contributed by atoms with E-state index in [9.17, 15) is 18.5 Å². The molecule has 0 bridgehead atoms. The van der Waals surface area contributed by atoms with E-state index in [0.717, 1.165) is 11.1 Å². The van der Waals surface area contributed by atoms with Gasteiger partial charge in [0.05, 0.1) is 25.4 Å². The number of aryl methyl sites for hydroxylation is 2. The number of sulfonamides is 1. The summed E-state index contributed by atoms with van der Waals surface area (Å²) in [5.74, 6) is -0.0378. The summed E-state index contributed by atoms with van der Waals surface area (Å²) in [5.41, 5.74) is 2.77. The number of nitrogens with one attached hydrogen (secondary N) is 1. The lowest BCUT2D eigenvalue weighted by Gasteiger charge is -2.19. The monoisotopic (exact) mass is 505 g/mol. The maximum absolute atomic E-state index is 13.2. The van der Waals surface area contributed by atoms with Crippen molar-refractivity contribution in [1.29, 1.82) is 5.26 Å². The number of hydrogen-bond donors (Lipinski definition) is 1. The molecule has 1 aliphatic rings. The Kier molecular flexibility index (Phi) is 7.17. The average Bonchev–Trinajstić information content (AvgIpc) is 3.27.